The van der Waals surface area contributed by atoms with E-state index in [1.807, 2.05) is 24.3 Å². The van der Waals surface area contributed by atoms with Gasteiger partial charge < -0.3 is 25.2 Å². The number of phenols is 1. The Kier molecular flexibility index (Phi) is 8.20. The predicted molar refractivity (Wildman–Crippen MR) is 150 cm³/mol. The van der Waals surface area contributed by atoms with E-state index in [9.17, 15) is 24.6 Å². The van der Waals surface area contributed by atoms with Gasteiger partial charge in [0.05, 0.1) is 5.56 Å². The second-order valence-electron chi connectivity index (χ2n) is 9.45. The predicted octanol–water partition coefficient (Wildman–Crippen LogP) is 4.91. The van der Waals surface area contributed by atoms with Crippen molar-refractivity contribution < 1.29 is 33.7 Å². The van der Waals surface area contributed by atoms with Crippen molar-refractivity contribution in [2.75, 3.05) is 18.0 Å². The van der Waals surface area contributed by atoms with Crippen LogP contribution in [0.2, 0.25) is 0 Å². The lowest BCUT2D eigenvalue weighted by Gasteiger charge is -2.17. The summed E-state index contributed by atoms with van der Waals surface area (Å²) in [7, 11) is 0. The standard InChI is InChI=1S/C29H25FN4O6S/c30-23-15-19(27-32-26(33-41-27)18-5-7-21(8-6-18)34-11-1-2-12-34)14-20(16-35)25(23)40-29(39)31-24(28(37)38)13-17-3-9-22(36)10-4-17/h3-10,14-16,24,36H,1-2,11-13H2,(H,31,39)(H,37,38). The molecule has 1 unspecified atom stereocenters. The Morgan fingerprint density at radius 1 is 1.07 bits per heavy atom. The quantitative estimate of drug-likeness (QED) is 0.237. The lowest BCUT2D eigenvalue weighted by Crippen LogP contribution is -2.43. The summed E-state index contributed by atoms with van der Waals surface area (Å²) in [6, 6.07) is 14.7. The molecule has 41 heavy (non-hydrogen) atoms. The molecule has 1 aromatic heterocycles. The molecule has 0 spiro atoms. The smallest absolute Gasteiger partial charge is 0.413 e. The number of benzene rings is 3. The van der Waals surface area contributed by atoms with Crippen molar-refractivity contribution in [3.05, 3.63) is 77.6 Å². The van der Waals surface area contributed by atoms with E-state index >= 15 is 4.39 Å². The number of nitrogens with one attached hydrogen (secondary N) is 1. The Morgan fingerprint density at radius 3 is 2.44 bits per heavy atom. The Bertz CT molecular complexity index is 1570. The minimum Gasteiger partial charge on any atom is -0.508 e. The number of rotatable bonds is 9. The van der Waals surface area contributed by atoms with Crippen LogP contribution in [-0.4, -0.2) is 57.1 Å². The van der Waals surface area contributed by atoms with E-state index in [2.05, 4.69) is 19.6 Å². The number of aldehydes is 1. The van der Waals surface area contributed by atoms with E-state index in [0.29, 0.717) is 22.7 Å². The van der Waals surface area contributed by atoms with Gasteiger partial charge in [-0.15, -0.1) is 0 Å². The summed E-state index contributed by atoms with van der Waals surface area (Å²) in [5.74, 6) is -2.53. The number of ether oxygens (including phenoxy) is 1. The summed E-state index contributed by atoms with van der Waals surface area (Å²) >= 11 is 1.03. The van der Waals surface area contributed by atoms with Crippen molar-refractivity contribution in [2.45, 2.75) is 25.3 Å². The molecule has 0 radical (unpaired) electrons. The zero-order valence-electron chi connectivity index (χ0n) is 21.6. The summed E-state index contributed by atoms with van der Waals surface area (Å²) < 4.78 is 24.5. The monoisotopic (exact) mass is 576 g/mol. The largest absolute Gasteiger partial charge is 0.508 e. The van der Waals surface area contributed by atoms with Gasteiger partial charge in [0.25, 0.3) is 0 Å². The second-order valence-corrected chi connectivity index (χ2v) is 10.2. The molecule has 12 heteroatoms. The average molecular weight is 577 g/mol. The number of halogens is 1. The van der Waals surface area contributed by atoms with Crippen molar-refractivity contribution >= 4 is 35.6 Å². The van der Waals surface area contributed by atoms with Gasteiger partial charge in [0, 0.05) is 36.3 Å². The lowest BCUT2D eigenvalue weighted by molar-refractivity contribution is -0.139. The molecule has 5 rings (SSSR count). The topological polar surface area (TPSA) is 142 Å². The number of hydrogen-bond acceptors (Lipinski definition) is 9. The molecule has 210 valence electrons. The number of hydrogen-bond donors (Lipinski definition) is 3. The molecule has 1 aliphatic heterocycles. The molecule has 1 aliphatic rings. The van der Waals surface area contributed by atoms with E-state index in [0.717, 1.165) is 41.9 Å². The number of phenolic OH excluding ortho intramolecular Hbond substituents is 1. The molecular weight excluding hydrogens is 551 g/mol. The maximum absolute atomic E-state index is 15.1. The van der Waals surface area contributed by atoms with Crippen LogP contribution in [0.1, 0.15) is 28.8 Å². The third-order valence-electron chi connectivity index (χ3n) is 6.63. The fourth-order valence-electron chi connectivity index (χ4n) is 4.52. The van der Waals surface area contributed by atoms with E-state index in [1.54, 1.807) is 0 Å². The first kappa shape index (κ1) is 27.7. The molecule has 10 nitrogen and oxygen atoms in total. The number of carbonyl (C=O) groups is 3. The van der Waals surface area contributed by atoms with Gasteiger partial charge in [-0.1, -0.05) is 12.1 Å². The highest BCUT2D eigenvalue weighted by molar-refractivity contribution is 7.09. The number of anilines is 1. The molecule has 4 aromatic rings. The number of nitrogens with zero attached hydrogens (tertiary/aromatic N) is 3. The van der Waals surface area contributed by atoms with Gasteiger partial charge in [-0.05, 0) is 78.5 Å². The summed E-state index contributed by atoms with van der Waals surface area (Å²) in [6.45, 7) is 2.06. The van der Waals surface area contributed by atoms with Crippen molar-refractivity contribution in [1.29, 1.82) is 0 Å². The first-order valence-electron chi connectivity index (χ1n) is 12.8. The van der Waals surface area contributed by atoms with Gasteiger partial charge in [0.2, 0.25) is 0 Å². The first-order valence-corrected chi connectivity index (χ1v) is 13.6. The van der Waals surface area contributed by atoms with Crippen molar-refractivity contribution in [1.82, 2.24) is 14.7 Å². The third kappa shape index (κ3) is 6.49. The van der Waals surface area contributed by atoms with Crippen LogP contribution >= 0.6 is 11.5 Å². The number of carboxylic acid groups (broad SMARTS) is 1. The molecule has 0 saturated carbocycles. The molecule has 3 aromatic carbocycles. The Hall–Kier alpha value is -4.84. The van der Waals surface area contributed by atoms with Gasteiger partial charge in [-0.25, -0.2) is 19.0 Å². The van der Waals surface area contributed by atoms with Gasteiger partial charge >= 0.3 is 12.1 Å². The van der Waals surface area contributed by atoms with Crippen LogP contribution in [0.3, 0.4) is 0 Å². The summed E-state index contributed by atoms with van der Waals surface area (Å²) in [6.07, 6.45) is 1.32. The van der Waals surface area contributed by atoms with E-state index in [-0.39, 0.29) is 23.3 Å². The molecule has 0 aliphatic carbocycles. The van der Waals surface area contributed by atoms with Crippen LogP contribution in [0.4, 0.5) is 14.9 Å². The Morgan fingerprint density at radius 2 is 1.78 bits per heavy atom. The second kappa shape index (κ2) is 12.1. The number of carboxylic acids is 1. The Balaban J connectivity index is 1.29. The first-order chi connectivity index (χ1) is 19.8. The average Bonchev–Trinajstić information content (AvgIpc) is 3.68. The minimum atomic E-state index is -1.40. The SMILES string of the molecule is O=Cc1cc(-c2nc(-c3ccc(N4CCCC4)cc3)ns2)cc(F)c1OC(=O)NC(Cc1ccc(O)cc1)C(=O)O. The van der Waals surface area contributed by atoms with E-state index < -0.39 is 29.7 Å². The molecular formula is C29H25FN4O6S. The summed E-state index contributed by atoms with van der Waals surface area (Å²) in [5, 5.41) is 21.4. The number of aromatic hydroxyl groups is 1. The number of aliphatic carboxylic acids is 1. The van der Waals surface area contributed by atoms with Crippen LogP contribution in [0.15, 0.2) is 60.7 Å². The molecule has 1 atom stereocenters. The summed E-state index contributed by atoms with van der Waals surface area (Å²) in [4.78, 5) is 42.7. The molecule has 2 heterocycles. The van der Waals surface area contributed by atoms with E-state index in [1.165, 1.54) is 43.2 Å². The van der Waals surface area contributed by atoms with Crippen molar-refractivity contribution in [2.24, 2.45) is 0 Å². The zero-order valence-corrected chi connectivity index (χ0v) is 22.4. The highest BCUT2D eigenvalue weighted by Gasteiger charge is 2.24. The van der Waals surface area contributed by atoms with Crippen LogP contribution in [0.25, 0.3) is 22.0 Å². The number of aromatic nitrogens is 2. The normalized spacial score (nSPS) is 13.5. The van der Waals surface area contributed by atoms with Gasteiger partial charge in [-0.3, -0.25) is 4.79 Å². The lowest BCUT2D eigenvalue weighted by atomic mass is 10.1. The van der Waals surface area contributed by atoms with Crippen molar-refractivity contribution in [3.8, 4) is 33.5 Å². The third-order valence-corrected chi connectivity index (χ3v) is 7.39. The molecule has 1 fully saturated rings. The highest BCUT2D eigenvalue weighted by Crippen LogP contribution is 2.32. The van der Waals surface area contributed by atoms with Gasteiger partial charge in [0.15, 0.2) is 23.7 Å². The summed E-state index contributed by atoms with van der Waals surface area (Å²) in [5.41, 5.74) is 2.47. The fraction of sp³-hybridized carbons (Fsp3) is 0.207. The van der Waals surface area contributed by atoms with Crippen LogP contribution in [0, 0.1) is 5.82 Å². The van der Waals surface area contributed by atoms with E-state index in [4.69, 9.17) is 4.74 Å². The van der Waals surface area contributed by atoms with Gasteiger partial charge in [-0.2, -0.15) is 4.37 Å². The molecule has 1 amide bonds. The zero-order chi connectivity index (χ0) is 28.9. The maximum atomic E-state index is 15.1. The van der Waals surface area contributed by atoms with Gasteiger partial charge in [0.1, 0.15) is 16.8 Å². The number of amides is 1. The maximum Gasteiger partial charge on any atom is 0.413 e. The molecule has 0 bridgehead atoms. The molecule has 1 saturated heterocycles. The fourth-order valence-corrected chi connectivity index (χ4v) is 5.19. The minimum absolute atomic E-state index is 0.00429. The number of carbonyl (C=O) groups excluding carboxylic acids is 2. The van der Waals surface area contributed by atoms with Crippen molar-refractivity contribution in [3.63, 3.8) is 0 Å². The van der Waals surface area contributed by atoms with Crippen LogP contribution in [-0.2, 0) is 11.2 Å². The van der Waals surface area contributed by atoms with Crippen LogP contribution in [0.5, 0.6) is 11.5 Å². The highest BCUT2D eigenvalue weighted by atomic mass is 32.1. The van der Waals surface area contributed by atoms with Crippen LogP contribution < -0.4 is 15.0 Å². The Labute approximate surface area is 238 Å². The molecule has 3 N–H and O–H groups in total.